The van der Waals surface area contributed by atoms with Crippen LogP contribution in [-0.2, 0) is 31.9 Å². The first kappa shape index (κ1) is 34.7. The molecule has 0 aromatic carbocycles. The van der Waals surface area contributed by atoms with E-state index in [-0.39, 0.29) is 29.3 Å². The number of hydrogen-bond acceptors (Lipinski definition) is 8. The van der Waals surface area contributed by atoms with Gasteiger partial charge in [-0.15, -0.1) is 0 Å². The van der Waals surface area contributed by atoms with Crippen molar-refractivity contribution in [3.63, 3.8) is 0 Å². The quantitative estimate of drug-likeness (QED) is 0.266. The molecule has 14 heteroatoms. The van der Waals surface area contributed by atoms with E-state index in [1.807, 2.05) is 0 Å². The summed E-state index contributed by atoms with van der Waals surface area (Å²) in [5, 5.41) is 16.0. The van der Waals surface area contributed by atoms with Crippen LogP contribution in [0.3, 0.4) is 0 Å². The highest BCUT2D eigenvalue weighted by Crippen LogP contribution is 2.21. The number of esters is 1. The number of nitrogens with zero attached hydrogens (tertiary/aromatic N) is 2. The molecular formula is C25H32Cl4N4O6. The van der Waals surface area contributed by atoms with Gasteiger partial charge >= 0.3 is 12.1 Å². The van der Waals surface area contributed by atoms with Crippen LogP contribution in [0.15, 0.2) is 24.5 Å². The smallest absolute Gasteiger partial charge is 0.407 e. The molecule has 0 aliphatic rings. The van der Waals surface area contributed by atoms with Crippen molar-refractivity contribution >= 4 is 64.4 Å². The zero-order valence-electron chi connectivity index (χ0n) is 22.2. The van der Waals surface area contributed by atoms with Gasteiger partial charge in [0.25, 0.3) is 0 Å². The summed E-state index contributed by atoms with van der Waals surface area (Å²) in [7, 11) is 0. The molecule has 2 atom stereocenters. The largest absolute Gasteiger partial charge is 0.460 e. The molecule has 2 rings (SSSR count). The summed E-state index contributed by atoms with van der Waals surface area (Å²) in [5.41, 5.74) is 0.937. The van der Waals surface area contributed by atoms with E-state index in [0.29, 0.717) is 22.9 Å². The predicted octanol–water partition coefficient (Wildman–Crippen LogP) is 4.82. The van der Waals surface area contributed by atoms with Crippen LogP contribution in [0, 0.1) is 0 Å². The molecule has 0 saturated heterocycles. The Morgan fingerprint density at radius 2 is 1.41 bits per heavy atom. The number of alkyl carbamates (subject to hydrolysis) is 1. The van der Waals surface area contributed by atoms with Gasteiger partial charge in [0.05, 0.1) is 22.7 Å². The Morgan fingerprint density at radius 1 is 0.897 bits per heavy atom. The summed E-state index contributed by atoms with van der Waals surface area (Å²) in [5.74, 6) is -0.604. The van der Waals surface area contributed by atoms with Crippen LogP contribution in [0.2, 0.25) is 20.4 Å². The number of carbonyl (C=O) groups excluding carboxylic acids is 3. The normalized spacial score (nSPS) is 12.4. The van der Waals surface area contributed by atoms with Gasteiger partial charge < -0.3 is 25.2 Å². The molecule has 2 aromatic rings. The second-order valence-electron chi connectivity index (χ2n) is 9.35. The molecular weight excluding hydrogens is 594 g/mol. The first-order chi connectivity index (χ1) is 18.1. The minimum atomic E-state index is -0.762. The van der Waals surface area contributed by atoms with Gasteiger partial charge in [-0.05, 0) is 44.0 Å². The van der Waals surface area contributed by atoms with Crippen LogP contribution in [0.5, 0.6) is 0 Å². The molecule has 0 aliphatic carbocycles. The lowest BCUT2D eigenvalue weighted by Gasteiger charge is -2.20. The highest BCUT2D eigenvalue weighted by Gasteiger charge is 2.17. The number of amides is 2. The fourth-order valence-corrected chi connectivity index (χ4v) is 3.50. The molecule has 2 amide bonds. The molecule has 39 heavy (non-hydrogen) atoms. The van der Waals surface area contributed by atoms with E-state index in [2.05, 4.69) is 20.6 Å². The Kier molecular flexibility index (Phi) is 14.8. The van der Waals surface area contributed by atoms with E-state index in [4.69, 9.17) is 55.9 Å². The fourth-order valence-electron chi connectivity index (χ4n) is 2.92. The number of halogens is 4. The van der Waals surface area contributed by atoms with Gasteiger partial charge in [-0.2, -0.15) is 0 Å². The van der Waals surface area contributed by atoms with Gasteiger partial charge in [0.15, 0.2) is 0 Å². The summed E-state index contributed by atoms with van der Waals surface area (Å²) < 4.78 is 10.2. The lowest BCUT2D eigenvalue weighted by molar-refractivity contribution is -0.146. The lowest BCUT2D eigenvalue weighted by atomic mass is 10.1. The van der Waals surface area contributed by atoms with Crippen molar-refractivity contribution in [3.05, 3.63) is 56.0 Å². The highest BCUT2D eigenvalue weighted by atomic mass is 35.5. The number of carbonyl (C=O) groups is 3. The van der Waals surface area contributed by atoms with Gasteiger partial charge in [0, 0.05) is 45.6 Å². The van der Waals surface area contributed by atoms with Crippen molar-refractivity contribution in [3.8, 4) is 0 Å². The van der Waals surface area contributed by atoms with Crippen LogP contribution in [0.4, 0.5) is 4.79 Å². The van der Waals surface area contributed by atoms with Gasteiger partial charge in [-0.3, -0.25) is 9.59 Å². The van der Waals surface area contributed by atoms with E-state index < -0.39 is 29.9 Å². The van der Waals surface area contributed by atoms with Crippen molar-refractivity contribution in [2.75, 3.05) is 13.1 Å². The molecule has 0 bridgehead atoms. The van der Waals surface area contributed by atoms with E-state index >= 15 is 0 Å². The van der Waals surface area contributed by atoms with E-state index in [1.165, 1.54) is 20.0 Å². The van der Waals surface area contributed by atoms with Crippen LogP contribution in [0.25, 0.3) is 0 Å². The van der Waals surface area contributed by atoms with Crippen molar-refractivity contribution in [2.45, 2.75) is 65.3 Å². The van der Waals surface area contributed by atoms with Crippen molar-refractivity contribution in [2.24, 2.45) is 0 Å². The molecule has 0 aliphatic heterocycles. The van der Waals surface area contributed by atoms with Gasteiger partial charge in [0.2, 0.25) is 5.91 Å². The molecule has 2 heterocycles. The number of rotatable bonds is 9. The Balaban J connectivity index is 0.000000391. The molecule has 0 saturated carbocycles. The highest BCUT2D eigenvalue weighted by molar-refractivity contribution is 6.41. The van der Waals surface area contributed by atoms with Crippen molar-refractivity contribution in [1.82, 2.24) is 20.6 Å². The maximum atomic E-state index is 11.4. The fraction of sp³-hybridized carbons (Fsp3) is 0.480. The predicted molar refractivity (Wildman–Crippen MR) is 150 cm³/mol. The van der Waals surface area contributed by atoms with Crippen molar-refractivity contribution < 1.29 is 29.0 Å². The number of pyridine rings is 2. The third-order valence-electron chi connectivity index (χ3n) is 4.43. The summed E-state index contributed by atoms with van der Waals surface area (Å²) >= 11 is 23.1. The monoisotopic (exact) mass is 624 g/mol. The standard InChI is InChI=1S/C13H18Cl2N2O3.C12H14Cl2N2O3/c1-13(2,3)20-12(19)17-7-9(18)4-8-5-10(14)11(15)16-6-8;1-7(17)15-6-10(19-8(2)18)3-9-4-11(13)12(14)16-5-9/h5-6,9,18H,4,7H2,1-3H3,(H,17,19);4-5,10H,3,6H2,1-2H3,(H,15,17)/t9-;10-/m11/s1. The zero-order valence-corrected chi connectivity index (χ0v) is 25.2. The number of hydrogen-bond donors (Lipinski definition) is 3. The SMILES string of the molecule is CC(=O)NC[C@@H](Cc1cnc(Cl)c(Cl)c1)OC(C)=O.CC(C)(C)OC(=O)NC[C@H](O)Cc1cnc(Cl)c(Cl)c1. The summed E-state index contributed by atoms with van der Waals surface area (Å²) in [4.78, 5) is 41.1. The Hall–Kier alpha value is -2.37. The third kappa shape index (κ3) is 15.7. The first-order valence-electron chi connectivity index (χ1n) is 11.7. The summed E-state index contributed by atoms with van der Waals surface area (Å²) in [6.07, 6.45) is 1.98. The van der Waals surface area contributed by atoms with Crippen LogP contribution < -0.4 is 10.6 Å². The molecule has 0 radical (unpaired) electrons. The molecule has 216 valence electrons. The third-order valence-corrected chi connectivity index (χ3v) is 5.80. The molecule has 0 fully saturated rings. The molecule has 0 unspecified atom stereocenters. The molecule has 10 nitrogen and oxygen atoms in total. The number of ether oxygens (including phenoxy) is 2. The molecule has 0 spiro atoms. The number of aromatic nitrogens is 2. The Bertz CT molecular complexity index is 1130. The maximum Gasteiger partial charge on any atom is 0.407 e. The van der Waals surface area contributed by atoms with Crippen LogP contribution in [0.1, 0.15) is 45.7 Å². The Morgan fingerprint density at radius 3 is 1.85 bits per heavy atom. The van der Waals surface area contributed by atoms with E-state index in [0.717, 1.165) is 11.1 Å². The summed E-state index contributed by atoms with van der Waals surface area (Å²) in [6, 6.07) is 3.29. The minimum Gasteiger partial charge on any atom is -0.460 e. The minimum absolute atomic E-state index is 0.0785. The van der Waals surface area contributed by atoms with Gasteiger partial charge in [-0.25, -0.2) is 14.8 Å². The van der Waals surface area contributed by atoms with E-state index in [1.54, 1.807) is 39.1 Å². The number of aliphatic hydroxyl groups is 1. The first-order valence-corrected chi connectivity index (χ1v) is 13.2. The molecule has 3 N–H and O–H groups in total. The Labute approximate surface area is 247 Å². The van der Waals surface area contributed by atoms with Gasteiger partial charge in [0.1, 0.15) is 22.0 Å². The summed E-state index contributed by atoms with van der Waals surface area (Å²) in [6.45, 7) is 8.32. The molecule has 2 aromatic heterocycles. The van der Waals surface area contributed by atoms with E-state index in [9.17, 15) is 19.5 Å². The number of aliphatic hydroxyl groups excluding tert-OH is 1. The average molecular weight is 626 g/mol. The second kappa shape index (κ2) is 16.7. The van der Waals surface area contributed by atoms with Crippen LogP contribution >= 0.6 is 46.4 Å². The lowest BCUT2D eigenvalue weighted by Crippen LogP contribution is -2.37. The van der Waals surface area contributed by atoms with Crippen molar-refractivity contribution in [1.29, 1.82) is 0 Å². The average Bonchev–Trinajstić information content (AvgIpc) is 2.80. The zero-order chi connectivity index (χ0) is 29.8. The maximum absolute atomic E-state index is 11.4. The second-order valence-corrected chi connectivity index (χ2v) is 10.9. The number of nitrogens with one attached hydrogen (secondary N) is 2. The van der Waals surface area contributed by atoms with Crippen LogP contribution in [-0.4, -0.2) is 63.9 Å². The van der Waals surface area contributed by atoms with Gasteiger partial charge in [-0.1, -0.05) is 46.4 Å². The topological polar surface area (TPSA) is 140 Å².